The number of aromatic nitrogens is 4. The molecule has 0 radical (unpaired) electrons. The summed E-state index contributed by atoms with van der Waals surface area (Å²) >= 11 is 0. The molecule has 1 heterocycles. The van der Waals surface area contributed by atoms with Crippen molar-refractivity contribution in [1.29, 1.82) is 0 Å². The number of tetrazole rings is 1. The molecular weight excluding hydrogens is 220 g/mol. The van der Waals surface area contributed by atoms with E-state index in [0.29, 0.717) is 18.9 Å². The highest BCUT2D eigenvalue weighted by atomic mass is 16.5. The molecule has 1 aromatic carbocycles. The SMILES string of the molecule is Cn1nnc(COc2ccc(CCO)cc2)n1. The number of nitrogens with zero attached hydrogens (tertiary/aromatic N) is 4. The minimum absolute atomic E-state index is 0.156. The zero-order valence-electron chi connectivity index (χ0n) is 9.58. The fraction of sp³-hybridized carbons (Fsp3) is 0.364. The number of ether oxygens (including phenoxy) is 1. The summed E-state index contributed by atoms with van der Waals surface area (Å²) in [4.78, 5) is 1.39. The average Bonchev–Trinajstić information content (AvgIpc) is 2.75. The summed E-state index contributed by atoms with van der Waals surface area (Å²) in [5, 5.41) is 20.3. The van der Waals surface area contributed by atoms with Crippen molar-refractivity contribution in [1.82, 2.24) is 20.2 Å². The average molecular weight is 234 g/mol. The first-order valence-electron chi connectivity index (χ1n) is 5.33. The first-order valence-corrected chi connectivity index (χ1v) is 5.33. The van der Waals surface area contributed by atoms with Crippen LogP contribution in [0.25, 0.3) is 0 Å². The van der Waals surface area contributed by atoms with Crippen molar-refractivity contribution in [3.8, 4) is 5.75 Å². The highest BCUT2D eigenvalue weighted by Gasteiger charge is 2.01. The van der Waals surface area contributed by atoms with Crippen molar-refractivity contribution < 1.29 is 9.84 Å². The topological polar surface area (TPSA) is 73.1 Å². The van der Waals surface area contributed by atoms with Crippen LogP contribution >= 0.6 is 0 Å². The molecule has 1 aromatic heterocycles. The van der Waals surface area contributed by atoms with E-state index in [1.165, 1.54) is 4.80 Å². The largest absolute Gasteiger partial charge is 0.485 e. The third-order valence-electron chi connectivity index (χ3n) is 2.24. The van der Waals surface area contributed by atoms with Gasteiger partial charge in [0.25, 0.3) is 0 Å². The molecule has 2 rings (SSSR count). The number of hydrogen-bond acceptors (Lipinski definition) is 5. The Hall–Kier alpha value is -1.95. The predicted molar refractivity (Wildman–Crippen MR) is 60.4 cm³/mol. The second kappa shape index (κ2) is 5.40. The molecular formula is C11H14N4O2. The first kappa shape index (κ1) is 11.5. The van der Waals surface area contributed by atoms with Gasteiger partial charge in [-0.2, -0.15) is 4.80 Å². The molecule has 0 saturated heterocycles. The Balaban J connectivity index is 1.90. The molecule has 0 bridgehead atoms. The van der Waals surface area contributed by atoms with Crippen molar-refractivity contribution in [3.05, 3.63) is 35.7 Å². The second-order valence-electron chi connectivity index (χ2n) is 3.60. The second-order valence-corrected chi connectivity index (χ2v) is 3.60. The molecule has 0 atom stereocenters. The van der Waals surface area contributed by atoms with Crippen molar-refractivity contribution in [2.75, 3.05) is 6.61 Å². The van der Waals surface area contributed by atoms with Gasteiger partial charge in [-0.3, -0.25) is 0 Å². The summed E-state index contributed by atoms with van der Waals surface area (Å²) in [6.45, 7) is 0.455. The number of benzene rings is 1. The molecule has 0 amide bonds. The van der Waals surface area contributed by atoms with E-state index in [-0.39, 0.29) is 6.61 Å². The molecule has 0 aliphatic rings. The Morgan fingerprint density at radius 1 is 1.29 bits per heavy atom. The van der Waals surface area contributed by atoms with Gasteiger partial charge in [-0.05, 0) is 29.3 Å². The third-order valence-corrected chi connectivity index (χ3v) is 2.24. The van der Waals surface area contributed by atoms with Crippen molar-refractivity contribution in [2.45, 2.75) is 13.0 Å². The summed E-state index contributed by atoms with van der Waals surface area (Å²) in [6.07, 6.45) is 0.659. The molecule has 0 fully saturated rings. The zero-order chi connectivity index (χ0) is 12.1. The highest BCUT2D eigenvalue weighted by Crippen LogP contribution is 2.13. The van der Waals surface area contributed by atoms with Crippen LogP contribution in [0.3, 0.4) is 0 Å². The van der Waals surface area contributed by atoms with Crippen molar-refractivity contribution in [2.24, 2.45) is 7.05 Å². The smallest absolute Gasteiger partial charge is 0.212 e. The molecule has 2 aromatic rings. The van der Waals surface area contributed by atoms with Crippen molar-refractivity contribution in [3.63, 3.8) is 0 Å². The number of hydrogen-bond donors (Lipinski definition) is 1. The maximum Gasteiger partial charge on any atom is 0.212 e. The fourth-order valence-corrected chi connectivity index (χ4v) is 1.41. The van der Waals surface area contributed by atoms with Crippen LogP contribution in [0, 0.1) is 0 Å². The van der Waals surface area contributed by atoms with Gasteiger partial charge in [0.15, 0.2) is 6.61 Å². The monoisotopic (exact) mass is 234 g/mol. The van der Waals surface area contributed by atoms with Crippen LogP contribution in [0.5, 0.6) is 5.75 Å². The van der Waals surface area contributed by atoms with Gasteiger partial charge in [-0.25, -0.2) is 0 Å². The maximum atomic E-state index is 8.79. The van der Waals surface area contributed by atoms with Crippen LogP contribution in [-0.4, -0.2) is 31.9 Å². The lowest BCUT2D eigenvalue weighted by atomic mass is 10.1. The summed E-state index contributed by atoms with van der Waals surface area (Å²) in [5.74, 6) is 1.30. The lowest BCUT2D eigenvalue weighted by molar-refractivity contribution is 0.293. The molecule has 90 valence electrons. The summed E-state index contributed by atoms with van der Waals surface area (Å²) in [6, 6.07) is 7.58. The standard InChI is InChI=1S/C11H14N4O2/c1-15-13-11(12-14-15)8-17-10-4-2-9(3-5-10)6-7-16/h2-5,16H,6-8H2,1H3. The molecule has 0 aliphatic heterocycles. The molecule has 0 aliphatic carbocycles. The molecule has 6 heteroatoms. The summed E-state index contributed by atoms with van der Waals surface area (Å²) in [7, 11) is 1.71. The Bertz CT molecular complexity index is 467. The van der Waals surface area contributed by atoms with E-state index in [2.05, 4.69) is 15.4 Å². The van der Waals surface area contributed by atoms with Gasteiger partial charge in [0.05, 0.1) is 7.05 Å². The quantitative estimate of drug-likeness (QED) is 0.806. The van der Waals surface area contributed by atoms with E-state index in [9.17, 15) is 0 Å². The lowest BCUT2D eigenvalue weighted by Crippen LogP contribution is -1.99. The Labute approximate surface area is 98.8 Å². The Morgan fingerprint density at radius 2 is 2.06 bits per heavy atom. The van der Waals surface area contributed by atoms with Gasteiger partial charge in [0, 0.05) is 6.61 Å². The predicted octanol–water partition coefficient (Wildman–Crippen LogP) is 0.324. The van der Waals surface area contributed by atoms with Gasteiger partial charge < -0.3 is 9.84 Å². The summed E-state index contributed by atoms with van der Waals surface area (Å²) in [5.41, 5.74) is 1.08. The van der Waals surface area contributed by atoms with Crippen LogP contribution < -0.4 is 4.74 Å². The van der Waals surface area contributed by atoms with Crippen LogP contribution in [0.2, 0.25) is 0 Å². The van der Waals surface area contributed by atoms with E-state index in [4.69, 9.17) is 9.84 Å². The molecule has 6 nitrogen and oxygen atoms in total. The lowest BCUT2D eigenvalue weighted by Gasteiger charge is -2.04. The molecule has 0 saturated carbocycles. The number of aliphatic hydroxyl groups is 1. The number of aryl methyl sites for hydroxylation is 1. The summed E-state index contributed by atoms with van der Waals surface area (Å²) < 4.78 is 5.50. The Morgan fingerprint density at radius 3 is 2.65 bits per heavy atom. The molecule has 17 heavy (non-hydrogen) atoms. The van der Waals surface area contributed by atoms with Crippen LogP contribution in [0.1, 0.15) is 11.4 Å². The Kier molecular flexibility index (Phi) is 3.66. The van der Waals surface area contributed by atoms with Crippen LogP contribution in [0.4, 0.5) is 0 Å². The molecule has 1 N–H and O–H groups in total. The minimum Gasteiger partial charge on any atom is -0.485 e. The minimum atomic E-state index is 0.156. The number of rotatable bonds is 5. The molecule has 0 spiro atoms. The van der Waals surface area contributed by atoms with E-state index in [0.717, 1.165) is 11.3 Å². The van der Waals surface area contributed by atoms with Gasteiger partial charge in [0.1, 0.15) is 5.75 Å². The zero-order valence-corrected chi connectivity index (χ0v) is 9.58. The van der Waals surface area contributed by atoms with E-state index in [1.807, 2.05) is 24.3 Å². The normalized spacial score (nSPS) is 10.5. The van der Waals surface area contributed by atoms with Crippen molar-refractivity contribution >= 4 is 0 Å². The van der Waals surface area contributed by atoms with Gasteiger partial charge in [0.2, 0.25) is 5.82 Å². The first-order chi connectivity index (χ1) is 8.28. The maximum absolute atomic E-state index is 8.79. The third kappa shape index (κ3) is 3.25. The van der Waals surface area contributed by atoms with Gasteiger partial charge >= 0.3 is 0 Å². The highest BCUT2D eigenvalue weighted by molar-refractivity contribution is 5.27. The van der Waals surface area contributed by atoms with Gasteiger partial charge in [-0.1, -0.05) is 12.1 Å². The van der Waals surface area contributed by atoms with E-state index < -0.39 is 0 Å². The van der Waals surface area contributed by atoms with Gasteiger partial charge in [-0.15, -0.1) is 10.2 Å². The molecule has 0 unspecified atom stereocenters. The number of aliphatic hydroxyl groups excluding tert-OH is 1. The van der Waals surface area contributed by atoms with Crippen LogP contribution in [-0.2, 0) is 20.1 Å². The van der Waals surface area contributed by atoms with E-state index in [1.54, 1.807) is 7.05 Å². The fourth-order valence-electron chi connectivity index (χ4n) is 1.41. The van der Waals surface area contributed by atoms with E-state index >= 15 is 0 Å². The van der Waals surface area contributed by atoms with Crippen LogP contribution in [0.15, 0.2) is 24.3 Å².